The van der Waals surface area contributed by atoms with Crippen molar-refractivity contribution in [2.45, 2.75) is 19.4 Å². The first kappa shape index (κ1) is 31.6. The Hall–Kier alpha value is -5.79. The third-order valence-corrected chi connectivity index (χ3v) is 7.33. The van der Waals surface area contributed by atoms with Gasteiger partial charge in [-0.05, 0) is 31.0 Å². The predicted octanol–water partition coefficient (Wildman–Crippen LogP) is 4.98. The molecule has 0 fully saturated rings. The Morgan fingerprint density at radius 2 is 1.57 bits per heavy atom. The van der Waals surface area contributed by atoms with Crippen LogP contribution in [-0.2, 0) is 6.54 Å². The van der Waals surface area contributed by atoms with Gasteiger partial charge in [0.1, 0.15) is 22.5 Å². The number of benzene rings is 3. The van der Waals surface area contributed by atoms with Crippen LogP contribution in [0.15, 0.2) is 62.8 Å². The minimum atomic E-state index is -0.560. The molecule has 0 saturated carbocycles. The number of nitro groups is 1. The summed E-state index contributed by atoms with van der Waals surface area (Å²) < 4.78 is 41.1. The summed E-state index contributed by atoms with van der Waals surface area (Å²) in [5.41, 5.74) is -0.0535. The lowest BCUT2D eigenvalue weighted by atomic mass is 10.1. The lowest BCUT2D eigenvalue weighted by Crippen LogP contribution is -2.21. The van der Waals surface area contributed by atoms with Gasteiger partial charge >= 0.3 is 0 Å². The third kappa shape index (κ3) is 5.96. The van der Waals surface area contributed by atoms with E-state index in [-0.39, 0.29) is 52.5 Å². The van der Waals surface area contributed by atoms with Gasteiger partial charge in [0.25, 0.3) is 11.2 Å². The predicted molar refractivity (Wildman–Crippen MR) is 168 cm³/mol. The molecule has 0 spiro atoms. The molecule has 0 bridgehead atoms. The van der Waals surface area contributed by atoms with Crippen LogP contribution in [0, 0.1) is 10.1 Å². The second-order valence-corrected chi connectivity index (χ2v) is 9.96. The highest BCUT2D eigenvalue weighted by Crippen LogP contribution is 2.44. The Kier molecular flexibility index (Phi) is 9.26. The van der Waals surface area contributed by atoms with E-state index < -0.39 is 15.9 Å². The molecular weight excluding hydrogens is 602 g/mol. The van der Waals surface area contributed by atoms with Crippen molar-refractivity contribution in [3.63, 3.8) is 0 Å². The van der Waals surface area contributed by atoms with Crippen LogP contribution in [0.5, 0.6) is 34.5 Å². The molecule has 240 valence electrons. The van der Waals surface area contributed by atoms with E-state index >= 15 is 0 Å². The number of methoxy groups -OCH3 is 5. The maximum absolute atomic E-state index is 14.0. The summed E-state index contributed by atoms with van der Waals surface area (Å²) in [6.07, 6.45) is 2.31. The van der Waals surface area contributed by atoms with Gasteiger partial charge < -0.3 is 32.8 Å². The Bertz CT molecular complexity index is 2030. The lowest BCUT2D eigenvalue weighted by molar-refractivity contribution is -0.384. The van der Waals surface area contributed by atoms with Gasteiger partial charge in [0.05, 0.1) is 64.3 Å². The third-order valence-electron chi connectivity index (χ3n) is 7.33. The summed E-state index contributed by atoms with van der Waals surface area (Å²) in [4.78, 5) is 41.8. The molecule has 2 heterocycles. The molecule has 0 atom stereocenters. The van der Waals surface area contributed by atoms with Crippen molar-refractivity contribution >= 4 is 27.6 Å². The van der Waals surface area contributed by atoms with Crippen molar-refractivity contribution in [1.29, 1.82) is 0 Å². The number of fused-ring (bicyclic) bond motifs is 2. The van der Waals surface area contributed by atoms with Gasteiger partial charge in [-0.25, -0.2) is 4.98 Å². The summed E-state index contributed by atoms with van der Waals surface area (Å²) in [6.45, 7) is 0.362. The zero-order valence-corrected chi connectivity index (χ0v) is 25.8. The molecule has 0 saturated heterocycles. The number of unbranched alkanes of at least 4 members (excludes halogenated alkanes) is 1. The number of ether oxygens (including phenoxy) is 6. The number of aryl methyl sites for hydroxylation is 1. The van der Waals surface area contributed by atoms with Gasteiger partial charge in [-0.3, -0.25) is 24.3 Å². The fraction of sp³-hybridized carbons (Fsp3) is 0.281. The first-order valence-electron chi connectivity index (χ1n) is 14.0. The number of hydrogen-bond donors (Lipinski definition) is 0. The van der Waals surface area contributed by atoms with E-state index in [4.69, 9.17) is 32.8 Å². The highest BCUT2D eigenvalue weighted by atomic mass is 16.6. The zero-order chi connectivity index (χ0) is 33.0. The molecule has 0 radical (unpaired) electrons. The number of nitrogens with zero attached hydrogens (tertiary/aromatic N) is 3. The molecule has 0 aliphatic carbocycles. The fourth-order valence-corrected chi connectivity index (χ4v) is 5.03. The molecular formula is C32H31N3O11. The fourth-order valence-electron chi connectivity index (χ4n) is 5.03. The summed E-state index contributed by atoms with van der Waals surface area (Å²) >= 11 is 0. The lowest BCUT2D eigenvalue weighted by Gasteiger charge is -2.17. The number of hydrogen-bond acceptors (Lipinski definition) is 12. The topological polar surface area (TPSA) is 164 Å². The number of rotatable bonds is 13. The Labute approximate surface area is 261 Å². The molecule has 46 heavy (non-hydrogen) atoms. The molecule has 0 unspecified atom stereocenters. The van der Waals surface area contributed by atoms with Gasteiger partial charge in [-0.15, -0.1) is 0 Å². The van der Waals surface area contributed by atoms with Crippen LogP contribution < -0.4 is 39.4 Å². The quantitative estimate of drug-likeness (QED) is 0.0972. The van der Waals surface area contributed by atoms with E-state index in [1.54, 1.807) is 24.3 Å². The summed E-state index contributed by atoms with van der Waals surface area (Å²) in [7, 11) is 7.35. The minimum absolute atomic E-state index is 0.0675. The van der Waals surface area contributed by atoms with Gasteiger partial charge in [-0.2, -0.15) is 0 Å². The molecule has 14 nitrogen and oxygen atoms in total. The smallest absolute Gasteiger partial charge is 0.270 e. The van der Waals surface area contributed by atoms with Crippen molar-refractivity contribution in [1.82, 2.24) is 9.55 Å². The van der Waals surface area contributed by atoms with Crippen molar-refractivity contribution in [2.24, 2.45) is 0 Å². The first-order chi connectivity index (χ1) is 22.2. The monoisotopic (exact) mass is 633 g/mol. The molecule has 3 aromatic carbocycles. The average molecular weight is 634 g/mol. The molecule has 2 aromatic heterocycles. The maximum Gasteiger partial charge on any atom is 0.270 e. The number of nitro benzene ring substituents is 1. The van der Waals surface area contributed by atoms with Gasteiger partial charge in [0.15, 0.2) is 17.3 Å². The Morgan fingerprint density at radius 1 is 0.848 bits per heavy atom. The molecule has 0 aliphatic heterocycles. The molecule has 5 aromatic rings. The second kappa shape index (κ2) is 13.5. The summed E-state index contributed by atoms with van der Waals surface area (Å²) in [6, 6.07) is 10.4. The first-order valence-corrected chi connectivity index (χ1v) is 14.0. The van der Waals surface area contributed by atoms with Crippen LogP contribution in [0.1, 0.15) is 12.8 Å². The zero-order valence-electron chi connectivity index (χ0n) is 25.8. The standard InChI is InChI=1S/C32H31N3O11/c1-40-20-15-23(41-2)27-24(16-20)46-29(18-12-25(42-3)30(44-5)26(13-18)43-4)31(28(27)36)45-11-7-6-10-34-17-33-22-9-8-19(35(38)39)14-21(22)32(34)37/h8-9,12-17H,6-7,10-11H2,1-5H3. The van der Waals surface area contributed by atoms with Crippen LogP contribution in [0.25, 0.3) is 33.2 Å². The van der Waals surface area contributed by atoms with E-state index in [0.29, 0.717) is 46.9 Å². The Balaban J connectivity index is 1.47. The van der Waals surface area contributed by atoms with Crippen LogP contribution >= 0.6 is 0 Å². The van der Waals surface area contributed by atoms with E-state index in [2.05, 4.69) is 4.98 Å². The van der Waals surface area contributed by atoms with Crippen molar-refractivity contribution < 1.29 is 37.8 Å². The molecule has 0 amide bonds. The van der Waals surface area contributed by atoms with E-state index in [9.17, 15) is 19.7 Å². The van der Waals surface area contributed by atoms with Crippen LogP contribution in [-0.4, -0.2) is 56.6 Å². The molecule has 0 N–H and O–H groups in total. The van der Waals surface area contributed by atoms with Crippen LogP contribution in [0.3, 0.4) is 0 Å². The summed E-state index contributed by atoms with van der Waals surface area (Å²) in [5.74, 6) is 1.75. The van der Waals surface area contributed by atoms with Crippen LogP contribution in [0.4, 0.5) is 5.69 Å². The number of aromatic nitrogens is 2. The van der Waals surface area contributed by atoms with E-state index in [1.807, 2.05) is 0 Å². The van der Waals surface area contributed by atoms with Crippen LogP contribution in [0.2, 0.25) is 0 Å². The van der Waals surface area contributed by atoms with Gasteiger partial charge in [-0.1, -0.05) is 0 Å². The van der Waals surface area contributed by atoms with E-state index in [0.717, 1.165) is 0 Å². The molecule has 0 aliphatic rings. The Morgan fingerprint density at radius 3 is 2.20 bits per heavy atom. The second-order valence-electron chi connectivity index (χ2n) is 9.96. The van der Waals surface area contributed by atoms with Gasteiger partial charge in [0.2, 0.25) is 16.9 Å². The minimum Gasteiger partial charge on any atom is -0.496 e. The molecule has 5 rings (SSSR count). The molecule has 14 heteroatoms. The summed E-state index contributed by atoms with van der Waals surface area (Å²) in [5, 5.41) is 11.5. The van der Waals surface area contributed by atoms with Gasteiger partial charge in [0, 0.05) is 36.4 Å². The largest absolute Gasteiger partial charge is 0.496 e. The average Bonchev–Trinajstić information content (AvgIpc) is 3.08. The normalized spacial score (nSPS) is 11.0. The highest BCUT2D eigenvalue weighted by Gasteiger charge is 2.24. The van der Waals surface area contributed by atoms with E-state index in [1.165, 1.54) is 64.6 Å². The van der Waals surface area contributed by atoms with Crippen molar-refractivity contribution in [3.05, 3.63) is 79.5 Å². The maximum atomic E-state index is 14.0. The highest BCUT2D eigenvalue weighted by molar-refractivity contribution is 5.89. The SMILES string of the molecule is COc1cc(OC)c2c(=O)c(OCCCCn3cnc4ccc([N+](=O)[O-])cc4c3=O)c(-c3cc(OC)c(OC)c(OC)c3)oc2c1. The number of non-ortho nitro benzene ring substituents is 1. The van der Waals surface area contributed by atoms with Crippen molar-refractivity contribution in [2.75, 3.05) is 42.2 Å². The van der Waals surface area contributed by atoms with Crippen molar-refractivity contribution in [3.8, 4) is 45.8 Å².